The molecule has 100 valence electrons. The average Bonchev–Trinajstić information content (AvgIpc) is 3.17. The van der Waals surface area contributed by atoms with Crippen molar-refractivity contribution >= 4 is 22.4 Å². The number of hydrogen-bond donors (Lipinski definition) is 2. The first-order valence-electron chi connectivity index (χ1n) is 6.51. The van der Waals surface area contributed by atoms with E-state index < -0.39 is 0 Å². The molecule has 5 heteroatoms. The van der Waals surface area contributed by atoms with Crippen molar-refractivity contribution in [1.29, 1.82) is 0 Å². The summed E-state index contributed by atoms with van der Waals surface area (Å²) in [5.41, 5.74) is 8.10. The number of nitrogens with zero attached hydrogens (tertiary/aromatic N) is 2. The Bertz CT molecular complexity index is 572. The molecule has 4 nitrogen and oxygen atoms in total. The first-order chi connectivity index (χ1) is 9.08. The van der Waals surface area contributed by atoms with E-state index in [-0.39, 0.29) is 5.54 Å². The fraction of sp³-hybridized carbons (Fsp3) is 0.429. The number of hydrogen-bond acceptors (Lipinski definition) is 5. The summed E-state index contributed by atoms with van der Waals surface area (Å²) in [7, 11) is 0. The summed E-state index contributed by atoms with van der Waals surface area (Å²) in [5, 5.41) is 4.66. The van der Waals surface area contributed by atoms with Gasteiger partial charge in [-0.05, 0) is 50.2 Å². The van der Waals surface area contributed by atoms with E-state index in [4.69, 9.17) is 5.73 Å². The molecule has 1 saturated carbocycles. The highest BCUT2D eigenvalue weighted by Gasteiger charge is 2.38. The standard InChI is InChI=1S/C14H18N4S/c1-14(2,10-5-6-10)17-13-11(12(15)18-19-13)9-4-3-7-16-8-9/h3-4,7-8,10,17H,5-6H2,1-2H3,(H2,15,18). The van der Waals surface area contributed by atoms with Gasteiger partial charge in [-0.1, -0.05) is 6.07 Å². The number of aromatic nitrogens is 2. The Morgan fingerprint density at radius 1 is 1.42 bits per heavy atom. The predicted molar refractivity (Wildman–Crippen MR) is 80.2 cm³/mol. The van der Waals surface area contributed by atoms with E-state index >= 15 is 0 Å². The normalized spacial score (nSPS) is 15.5. The molecule has 1 fully saturated rings. The quantitative estimate of drug-likeness (QED) is 0.897. The van der Waals surface area contributed by atoms with Crippen LogP contribution in [0.4, 0.5) is 10.8 Å². The van der Waals surface area contributed by atoms with E-state index in [1.165, 1.54) is 24.4 Å². The van der Waals surface area contributed by atoms with Crippen LogP contribution in [0.15, 0.2) is 24.5 Å². The second kappa shape index (κ2) is 4.49. The highest BCUT2D eigenvalue weighted by atomic mass is 32.1. The summed E-state index contributed by atoms with van der Waals surface area (Å²) in [6.07, 6.45) is 6.20. The zero-order valence-corrected chi connectivity index (χ0v) is 12.0. The van der Waals surface area contributed by atoms with Crippen LogP contribution < -0.4 is 11.1 Å². The molecule has 1 aliphatic rings. The molecule has 0 radical (unpaired) electrons. The monoisotopic (exact) mass is 274 g/mol. The molecular weight excluding hydrogens is 256 g/mol. The van der Waals surface area contributed by atoms with Gasteiger partial charge in [0.1, 0.15) is 10.8 Å². The van der Waals surface area contributed by atoms with Crippen LogP contribution in [0.25, 0.3) is 11.1 Å². The molecule has 0 unspecified atom stereocenters. The van der Waals surface area contributed by atoms with Crippen molar-refractivity contribution < 1.29 is 0 Å². The third-order valence-corrected chi connectivity index (χ3v) is 4.48. The van der Waals surface area contributed by atoms with Gasteiger partial charge in [0.05, 0.1) is 5.56 Å². The Hall–Kier alpha value is -1.62. The molecule has 2 heterocycles. The maximum Gasteiger partial charge on any atom is 0.147 e. The van der Waals surface area contributed by atoms with Gasteiger partial charge in [0, 0.05) is 23.5 Å². The lowest BCUT2D eigenvalue weighted by Crippen LogP contribution is -2.33. The summed E-state index contributed by atoms with van der Waals surface area (Å²) in [5.74, 6) is 1.32. The Balaban J connectivity index is 1.95. The topological polar surface area (TPSA) is 63.8 Å². The molecule has 2 aromatic heterocycles. The first kappa shape index (κ1) is 12.4. The molecule has 2 aromatic rings. The second-order valence-electron chi connectivity index (χ2n) is 5.63. The van der Waals surface area contributed by atoms with Crippen molar-refractivity contribution in [1.82, 2.24) is 9.36 Å². The lowest BCUT2D eigenvalue weighted by Gasteiger charge is -2.27. The van der Waals surface area contributed by atoms with Gasteiger partial charge in [0.15, 0.2) is 0 Å². The molecule has 3 N–H and O–H groups in total. The third-order valence-electron chi connectivity index (χ3n) is 3.70. The Morgan fingerprint density at radius 2 is 2.21 bits per heavy atom. The summed E-state index contributed by atoms with van der Waals surface area (Å²) in [6.45, 7) is 4.49. The fourth-order valence-electron chi connectivity index (χ4n) is 2.38. The van der Waals surface area contributed by atoms with Crippen LogP contribution in [0.5, 0.6) is 0 Å². The smallest absolute Gasteiger partial charge is 0.147 e. The molecule has 0 aliphatic heterocycles. The van der Waals surface area contributed by atoms with Crippen LogP contribution >= 0.6 is 11.5 Å². The van der Waals surface area contributed by atoms with E-state index in [1.807, 2.05) is 18.3 Å². The zero-order valence-electron chi connectivity index (χ0n) is 11.2. The number of nitrogens with two attached hydrogens (primary N) is 1. The predicted octanol–water partition coefficient (Wildman–Crippen LogP) is 3.39. The van der Waals surface area contributed by atoms with E-state index in [9.17, 15) is 0 Å². The average molecular weight is 274 g/mol. The fourth-order valence-corrected chi connectivity index (χ4v) is 3.28. The molecule has 0 saturated heterocycles. The molecule has 3 rings (SSSR count). The van der Waals surface area contributed by atoms with E-state index in [0.29, 0.717) is 5.82 Å². The highest BCUT2D eigenvalue weighted by molar-refractivity contribution is 7.11. The van der Waals surface area contributed by atoms with E-state index in [1.54, 1.807) is 6.20 Å². The van der Waals surface area contributed by atoms with Crippen LogP contribution in [0, 0.1) is 5.92 Å². The van der Waals surface area contributed by atoms with Crippen LogP contribution in [-0.4, -0.2) is 14.9 Å². The minimum Gasteiger partial charge on any atom is -0.382 e. The van der Waals surface area contributed by atoms with Crippen LogP contribution in [0.3, 0.4) is 0 Å². The lowest BCUT2D eigenvalue weighted by molar-refractivity contribution is 0.496. The van der Waals surface area contributed by atoms with Crippen molar-refractivity contribution in [2.75, 3.05) is 11.1 Å². The minimum absolute atomic E-state index is 0.0932. The lowest BCUT2D eigenvalue weighted by atomic mass is 9.98. The molecular formula is C14H18N4S. The minimum atomic E-state index is 0.0932. The van der Waals surface area contributed by atoms with Crippen molar-refractivity contribution in [3.63, 3.8) is 0 Å². The van der Waals surface area contributed by atoms with Gasteiger partial charge in [-0.3, -0.25) is 4.98 Å². The van der Waals surface area contributed by atoms with E-state index in [2.05, 4.69) is 28.5 Å². The number of rotatable bonds is 4. The van der Waals surface area contributed by atoms with Crippen LogP contribution in [0.2, 0.25) is 0 Å². The summed E-state index contributed by atoms with van der Waals surface area (Å²) in [4.78, 5) is 4.16. The van der Waals surface area contributed by atoms with Crippen molar-refractivity contribution in [3.8, 4) is 11.1 Å². The number of anilines is 2. The first-order valence-corrected chi connectivity index (χ1v) is 7.29. The van der Waals surface area contributed by atoms with Gasteiger partial charge in [0.25, 0.3) is 0 Å². The molecule has 1 aliphatic carbocycles. The number of nitrogens with one attached hydrogen (secondary N) is 1. The summed E-state index contributed by atoms with van der Waals surface area (Å²) >= 11 is 1.43. The highest BCUT2D eigenvalue weighted by Crippen LogP contribution is 2.44. The summed E-state index contributed by atoms with van der Waals surface area (Å²) < 4.78 is 4.29. The van der Waals surface area contributed by atoms with Gasteiger partial charge >= 0.3 is 0 Å². The molecule has 19 heavy (non-hydrogen) atoms. The van der Waals surface area contributed by atoms with Gasteiger partial charge in [-0.25, -0.2) is 0 Å². The van der Waals surface area contributed by atoms with Crippen LogP contribution in [-0.2, 0) is 0 Å². The summed E-state index contributed by atoms with van der Waals surface area (Å²) in [6, 6.07) is 3.94. The molecule has 0 spiro atoms. The Morgan fingerprint density at radius 3 is 2.84 bits per heavy atom. The van der Waals surface area contributed by atoms with Gasteiger partial charge in [0.2, 0.25) is 0 Å². The van der Waals surface area contributed by atoms with E-state index in [0.717, 1.165) is 22.0 Å². The van der Waals surface area contributed by atoms with Crippen molar-refractivity contribution in [2.24, 2.45) is 5.92 Å². The Labute approximate surface area is 117 Å². The maximum absolute atomic E-state index is 6.02. The molecule has 0 bridgehead atoms. The third kappa shape index (κ3) is 2.42. The van der Waals surface area contributed by atoms with Gasteiger partial charge in [-0.15, -0.1) is 0 Å². The largest absolute Gasteiger partial charge is 0.382 e. The van der Waals surface area contributed by atoms with Gasteiger partial charge < -0.3 is 11.1 Å². The zero-order chi connectivity index (χ0) is 13.5. The maximum atomic E-state index is 6.02. The van der Waals surface area contributed by atoms with Crippen molar-refractivity contribution in [2.45, 2.75) is 32.2 Å². The SMILES string of the molecule is CC(C)(Nc1snc(N)c1-c1cccnc1)C1CC1. The Kier molecular flexibility index (Phi) is 2.93. The van der Waals surface area contributed by atoms with Crippen LogP contribution in [0.1, 0.15) is 26.7 Å². The second-order valence-corrected chi connectivity index (χ2v) is 6.41. The number of nitrogen functional groups attached to an aromatic ring is 1. The molecule has 0 aromatic carbocycles. The molecule has 0 atom stereocenters. The molecule has 0 amide bonds. The number of pyridine rings is 1. The van der Waals surface area contributed by atoms with Crippen molar-refractivity contribution in [3.05, 3.63) is 24.5 Å². The van der Waals surface area contributed by atoms with Gasteiger partial charge in [-0.2, -0.15) is 4.37 Å².